The lowest BCUT2D eigenvalue weighted by molar-refractivity contribution is -0.142. The molecule has 1 aliphatic heterocycles. The molecule has 1 unspecified atom stereocenters. The number of hydrogen-bond donors (Lipinski definition) is 1. The second-order valence-electron chi connectivity index (χ2n) is 5.87. The van der Waals surface area contributed by atoms with Crippen molar-refractivity contribution in [3.63, 3.8) is 0 Å². The van der Waals surface area contributed by atoms with Gasteiger partial charge in [-0.05, 0) is 12.8 Å². The van der Waals surface area contributed by atoms with E-state index in [4.69, 9.17) is 0 Å². The molecule has 1 saturated heterocycles. The molecule has 1 aromatic heterocycles. The Balaban J connectivity index is 1.60. The third-order valence-corrected chi connectivity index (χ3v) is 4.28. The molecule has 1 aliphatic carbocycles. The summed E-state index contributed by atoms with van der Waals surface area (Å²) in [6.07, 6.45) is 7.20. The van der Waals surface area contributed by atoms with E-state index < -0.39 is 6.04 Å². The van der Waals surface area contributed by atoms with Gasteiger partial charge in [-0.3, -0.25) is 24.5 Å². The summed E-state index contributed by atoms with van der Waals surface area (Å²) >= 11 is 0. The third kappa shape index (κ3) is 2.97. The normalized spacial score (nSPS) is 24.0. The van der Waals surface area contributed by atoms with E-state index in [2.05, 4.69) is 15.4 Å². The van der Waals surface area contributed by atoms with Crippen LogP contribution in [0.5, 0.6) is 0 Å². The molecule has 0 aromatic carbocycles. The van der Waals surface area contributed by atoms with E-state index in [-0.39, 0.29) is 24.3 Å². The molecule has 2 heterocycles. The standard InChI is InChI=1S/C14H21N5O2/c1-18-9-16-12(17-18)8-15-11-7-13(20)19(14(11)21)10-5-3-2-4-6-10/h9-11,15H,2-8H2,1H3. The molecule has 0 spiro atoms. The van der Waals surface area contributed by atoms with E-state index in [9.17, 15) is 9.59 Å². The molecule has 1 atom stereocenters. The van der Waals surface area contributed by atoms with Crippen LogP contribution in [0.15, 0.2) is 6.33 Å². The van der Waals surface area contributed by atoms with Crippen LogP contribution < -0.4 is 5.32 Å². The number of carbonyl (C=O) groups is 2. The molecule has 1 aromatic rings. The first-order chi connectivity index (χ1) is 10.1. The van der Waals surface area contributed by atoms with Crippen molar-refractivity contribution in [2.45, 2.75) is 57.2 Å². The smallest absolute Gasteiger partial charge is 0.247 e. The molecule has 0 radical (unpaired) electrons. The Morgan fingerprint density at radius 1 is 1.29 bits per heavy atom. The number of nitrogens with one attached hydrogen (secondary N) is 1. The molecule has 2 amide bonds. The van der Waals surface area contributed by atoms with Crippen molar-refractivity contribution < 1.29 is 9.59 Å². The SMILES string of the molecule is Cn1cnc(CNC2CC(=O)N(C3CCCCC3)C2=O)n1. The zero-order valence-electron chi connectivity index (χ0n) is 12.3. The third-order valence-electron chi connectivity index (χ3n) is 4.28. The number of aromatic nitrogens is 3. The van der Waals surface area contributed by atoms with Gasteiger partial charge in [0, 0.05) is 13.1 Å². The maximum atomic E-state index is 12.4. The Morgan fingerprint density at radius 2 is 2.05 bits per heavy atom. The average Bonchev–Trinajstić information content (AvgIpc) is 3.01. The van der Waals surface area contributed by atoms with Gasteiger partial charge in [0.05, 0.1) is 19.0 Å². The highest BCUT2D eigenvalue weighted by Crippen LogP contribution is 2.27. The highest BCUT2D eigenvalue weighted by molar-refractivity contribution is 6.05. The van der Waals surface area contributed by atoms with Crippen molar-refractivity contribution in [3.8, 4) is 0 Å². The van der Waals surface area contributed by atoms with Crippen molar-refractivity contribution in [1.82, 2.24) is 25.0 Å². The molecule has 1 saturated carbocycles. The fourth-order valence-electron chi connectivity index (χ4n) is 3.21. The zero-order chi connectivity index (χ0) is 14.8. The fraction of sp³-hybridized carbons (Fsp3) is 0.714. The van der Waals surface area contributed by atoms with Gasteiger partial charge in [-0.1, -0.05) is 19.3 Å². The maximum Gasteiger partial charge on any atom is 0.247 e. The van der Waals surface area contributed by atoms with Gasteiger partial charge in [0.2, 0.25) is 11.8 Å². The van der Waals surface area contributed by atoms with Gasteiger partial charge in [-0.2, -0.15) is 5.10 Å². The second-order valence-corrected chi connectivity index (χ2v) is 5.87. The highest BCUT2D eigenvalue weighted by atomic mass is 16.2. The second kappa shape index (κ2) is 5.93. The van der Waals surface area contributed by atoms with Gasteiger partial charge >= 0.3 is 0 Å². The lowest BCUT2D eigenvalue weighted by Gasteiger charge is -2.29. The summed E-state index contributed by atoms with van der Waals surface area (Å²) in [6.45, 7) is 0.406. The van der Waals surface area contributed by atoms with Gasteiger partial charge in [0.15, 0.2) is 5.82 Å². The molecule has 114 valence electrons. The van der Waals surface area contributed by atoms with Gasteiger partial charge < -0.3 is 0 Å². The molecule has 3 rings (SSSR count). The Morgan fingerprint density at radius 3 is 2.71 bits per heavy atom. The molecule has 2 fully saturated rings. The van der Waals surface area contributed by atoms with Crippen LogP contribution in [0.1, 0.15) is 44.3 Å². The van der Waals surface area contributed by atoms with Crippen molar-refractivity contribution in [2.24, 2.45) is 7.05 Å². The number of carbonyl (C=O) groups excluding carboxylic acids is 2. The quantitative estimate of drug-likeness (QED) is 0.810. The average molecular weight is 291 g/mol. The Hall–Kier alpha value is -1.76. The molecular formula is C14H21N5O2. The van der Waals surface area contributed by atoms with Crippen molar-refractivity contribution in [1.29, 1.82) is 0 Å². The van der Waals surface area contributed by atoms with E-state index in [0.29, 0.717) is 12.4 Å². The number of hydrogen-bond acceptors (Lipinski definition) is 5. The molecule has 0 bridgehead atoms. The summed E-state index contributed by atoms with van der Waals surface area (Å²) in [7, 11) is 1.80. The summed E-state index contributed by atoms with van der Waals surface area (Å²) in [5.74, 6) is 0.509. The van der Waals surface area contributed by atoms with Crippen LogP contribution in [0.4, 0.5) is 0 Å². The van der Waals surface area contributed by atoms with E-state index in [1.165, 1.54) is 11.3 Å². The largest absolute Gasteiger partial charge is 0.298 e. The van der Waals surface area contributed by atoms with Gasteiger partial charge in [0.1, 0.15) is 6.33 Å². The summed E-state index contributed by atoms with van der Waals surface area (Å²) in [5, 5.41) is 7.27. The van der Waals surface area contributed by atoms with E-state index >= 15 is 0 Å². The zero-order valence-corrected chi connectivity index (χ0v) is 12.3. The highest BCUT2D eigenvalue weighted by Gasteiger charge is 2.42. The number of aryl methyl sites for hydroxylation is 1. The van der Waals surface area contributed by atoms with E-state index in [1.54, 1.807) is 18.1 Å². The minimum atomic E-state index is -0.428. The van der Waals surface area contributed by atoms with E-state index in [0.717, 1.165) is 25.7 Å². The topological polar surface area (TPSA) is 80.1 Å². The van der Waals surface area contributed by atoms with Crippen LogP contribution in [0.25, 0.3) is 0 Å². The van der Waals surface area contributed by atoms with Gasteiger partial charge in [0.25, 0.3) is 0 Å². The summed E-state index contributed by atoms with van der Waals surface area (Å²) < 4.78 is 1.62. The number of nitrogens with zero attached hydrogens (tertiary/aromatic N) is 4. The molecule has 21 heavy (non-hydrogen) atoms. The van der Waals surface area contributed by atoms with Crippen LogP contribution in [-0.2, 0) is 23.2 Å². The number of likely N-dealkylation sites (tertiary alicyclic amines) is 1. The minimum Gasteiger partial charge on any atom is -0.298 e. The van der Waals surface area contributed by atoms with Crippen molar-refractivity contribution >= 4 is 11.8 Å². The molecular weight excluding hydrogens is 270 g/mol. The monoisotopic (exact) mass is 291 g/mol. The van der Waals surface area contributed by atoms with Crippen LogP contribution in [-0.4, -0.2) is 43.6 Å². The lowest BCUT2D eigenvalue weighted by atomic mass is 9.94. The van der Waals surface area contributed by atoms with E-state index in [1.807, 2.05) is 0 Å². The molecule has 7 heteroatoms. The number of imide groups is 1. The van der Waals surface area contributed by atoms with Crippen LogP contribution in [0, 0.1) is 0 Å². The van der Waals surface area contributed by atoms with Crippen LogP contribution in [0.2, 0.25) is 0 Å². The first-order valence-electron chi connectivity index (χ1n) is 7.59. The van der Waals surface area contributed by atoms with Crippen molar-refractivity contribution in [2.75, 3.05) is 0 Å². The fourth-order valence-corrected chi connectivity index (χ4v) is 3.21. The Bertz CT molecular complexity index is 535. The molecule has 1 N–H and O–H groups in total. The van der Waals surface area contributed by atoms with Gasteiger partial charge in [-0.15, -0.1) is 0 Å². The first kappa shape index (κ1) is 14.2. The van der Waals surface area contributed by atoms with Gasteiger partial charge in [-0.25, -0.2) is 4.98 Å². The van der Waals surface area contributed by atoms with Crippen LogP contribution in [0.3, 0.4) is 0 Å². The Labute approximate surface area is 123 Å². The summed E-state index contributed by atoms with van der Waals surface area (Å²) in [6, 6.07) is -0.318. The molecule has 2 aliphatic rings. The number of rotatable bonds is 4. The number of amides is 2. The first-order valence-corrected chi connectivity index (χ1v) is 7.59. The predicted molar refractivity (Wildman–Crippen MR) is 75.0 cm³/mol. The molecule has 7 nitrogen and oxygen atoms in total. The van der Waals surface area contributed by atoms with Crippen LogP contribution >= 0.6 is 0 Å². The summed E-state index contributed by atoms with van der Waals surface area (Å²) in [5.41, 5.74) is 0. The predicted octanol–water partition coefficient (Wildman–Crippen LogP) is 0.365. The minimum absolute atomic E-state index is 0.0432. The Kier molecular flexibility index (Phi) is 4.01. The lowest BCUT2D eigenvalue weighted by Crippen LogP contribution is -2.44. The maximum absolute atomic E-state index is 12.4. The summed E-state index contributed by atoms with van der Waals surface area (Å²) in [4.78, 5) is 30.2. The van der Waals surface area contributed by atoms with Crippen molar-refractivity contribution in [3.05, 3.63) is 12.2 Å².